The van der Waals surface area contributed by atoms with E-state index in [9.17, 15) is 116 Å². The van der Waals surface area contributed by atoms with E-state index in [1.54, 1.807) is 0 Å². The number of hydrogen-bond donors (Lipinski definition) is 24. The van der Waals surface area contributed by atoms with Crippen LogP contribution in [0.15, 0.2) is 0 Å². The summed E-state index contributed by atoms with van der Waals surface area (Å²) in [7, 11) is 1.50. The van der Waals surface area contributed by atoms with Crippen LogP contribution in [0.3, 0.4) is 0 Å². The fourth-order valence-electron chi connectivity index (χ4n) is 13.3. The molecule has 632 valence electrons. The molecule has 21 saturated heterocycles. The van der Waals surface area contributed by atoms with Gasteiger partial charge in [-0.25, -0.2) is 0 Å². The number of carbonyl (C=O) groups excluding carboxylic acids is 4. The number of hydrogen-bond acceptors (Lipinski definition) is 44. The molecule has 21 aliphatic rings. The molecule has 37 atom stereocenters. The summed E-state index contributed by atoms with van der Waals surface area (Å²) < 4.78 is 94.6. The SMILES string of the molecule is CN[C@H](CSCC1O[C@H]2O[C@@H]3C(CO)O[C@H](O[C@@H]4C(CO)O[C@H](O[C@@H]5C(CO)O[C@H](OC6C(CSC[C@@H](CC(=O)CCOCCOCCC(C)=O)C(=O)NCCS)O[C@@H](O[C@@H]7C(CO)O[C@@H](O[C@@H]8C(CO)O[C@@H](O[C@H]1[C@H](O)C2O)C(O)[C@H]8O)C(O)[C@H]7O)C(O)[C@H]6O)C(O)[C@H]5O)C(O)[C@H]4O)C(O)[C@H]3O)C(=O)NCCS. The number of carbonyl (C=O) groups is 4. The second kappa shape index (κ2) is 44.7. The predicted molar refractivity (Wildman–Crippen MR) is 370 cm³/mol. The third-order valence-corrected chi connectivity index (χ3v) is 22.2. The lowest BCUT2D eigenvalue weighted by atomic mass is 9.95. The van der Waals surface area contributed by atoms with Crippen molar-refractivity contribution in [2.24, 2.45) is 5.92 Å². The van der Waals surface area contributed by atoms with E-state index in [2.05, 4.69) is 41.2 Å². The van der Waals surface area contributed by atoms with Crippen molar-refractivity contribution in [2.75, 3.05) is 114 Å². The molecule has 0 aliphatic carbocycles. The molecule has 21 fully saturated rings. The minimum absolute atomic E-state index is 0.0103. The van der Waals surface area contributed by atoms with Crippen molar-refractivity contribution < 1.29 is 192 Å². The fourth-order valence-corrected chi connectivity index (χ4v) is 15.9. The maximum absolute atomic E-state index is 13.7. The molecule has 0 aromatic rings. The Morgan fingerprint density at radius 3 is 0.908 bits per heavy atom. The van der Waals surface area contributed by atoms with Gasteiger partial charge in [0.1, 0.15) is 170 Å². The van der Waals surface area contributed by atoms with Crippen LogP contribution in [0, 0.1) is 5.92 Å². The molecule has 42 nitrogen and oxygen atoms in total. The minimum atomic E-state index is -2.29. The Balaban J connectivity index is 1.09. The van der Waals surface area contributed by atoms with E-state index in [-0.39, 0.29) is 93.3 Å². The molecule has 21 heterocycles. The van der Waals surface area contributed by atoms with Gasteiger partial charge in [-0.05, 0) is 14.0 Å². The Kier molecular flexibility index (Phi) is 38.0. The zero-order valence-electron chi connectivity index (χ0n) is 59.4. The van der Waals surface area contributed by atoms with Gasteiger partial charge in [0, 0.05) is 66.9 Å². The Morgan fingerprint density at radius 2 is 0.633 bits per heavy atom. The summed E-state index contributed by atoms with van der Waals surface area (Å²) in [6.07, 6.45) is -72.0. The molecule has 109 heavy (non-hydrogen) atoms. The smallest absolute Gasteiger partial charge is 0.238 e. The fraction of sp³-hybridized carbons (Fsp3) is 0.937. The molecular weight excluding hydrogens is 1550 g/mol. The lowest BCUT2D eigenvalue weighted by Gasteiger charge is -2.50. The summed E-state index contributed by atoms with van der Waals surface area (Å²) in [5.41, 5.74) is 0. The van der Waals surface area contributed by atoms with E-state index < -0.39 is 278 Å². The van der Waals surface area contributed by atoms with Gasteiger partial charge in [-0.3, -0.25) is 19.2 Å². The van der Waals surface area contributed by atoms with E-state index in [1.165, 1.54) is 14.0 Å². The maximum Gasteiger partial charge on any atom is 0.238 e. The molecule has 46 heteroatoms. The summed E-state index contributed by atoms with van der Waals surface area (Å²) >= 11 is 10.2. The molecule has 2 amide bonds. The highest BCUT2D eigenvalue weighted by Gasteiger charge is 2.60. The minimum Gasteiger partial charge on any atom is -0.394 e. The molecule has 0 radical (unpaired) electrons. The van der Waals surface area contributed by atoms with Crippen molar-refractivity contribution in [3.8, 4) is 0 Å². The van der Waals surface area contributed by atoms with Crippen LogP contribution in [0.2, 0.25) is 0 Å². The predicted octanol–water partition coefficient (Wildman–Crippen LogP) is -13.1. The highest BCUT2D eigenvalue weighted by Crippen LogP contribution is 2.40. The summed E-state index contributed by atoms with van der Waals surface area (Å²) in [5, 5.41) is 227. The molecule has 0 aromatic carbocycles. The van der Waals surface area contributed by atoms with E-state index in [0.29, 0.717) is 5.75 Å². The monoisotopic (exact) mass is 1660 g/mol. The zero-order chi connectivity index (χ0) is 79.7. The third kappa shape index (κ3) is 23.6. The van der Waals surface area contributed by atoms with Crippen LogP contribution in [0.25, 0.3) is 0 Å². The topological polar surface area (TPSA) is 636 Å². The van der Waals surface area contributed by atoms with E-state index in [4.69, 9.17) is 75.8 Å². The lowest BCUT2D eigenvalue weighted by Crippen LogP contribution is -2.68. The first-order valence-electron chi connectivity index (χ1n) is 35.6. The van der Waals surface area contributed by atoms with Gasteiger partial charge in [0.25, 0.3) is 0 Å². The number of ether oxygens (including phenoxy) is 16. The average molecular weight is 1660 g/mol. The van der Waals surface area contributed by atoms with Gasteiger partial charge in [-0.1, -0.05) is 0 Å². The number of likely N-dealkylation sites (N-methyl/N-ethyl adjacent to an activating group) is 1. The molecule has 14 bridgehead atoms. The average Bonchev–Trinajstić information content (AvgIpc) is 0.804. The Bertz CT molecular complexity index is 2740. The quantitative estimate of drug-likeness (QED) is 0.0226. The van der Waals surface area contributed by atoms with Crippen molar-refractivity contribution in [1.29, 1.82) is 0 Å². The van der Waals surface area contributed by atoms with Crippen LogP contribution >= 0.6 is 48.8 Å². The second-order valence-electron chi connectivity index (χ2n) is 27.1. The first kappa shape index (κ1) is 92.7. The molecule has 21 rings (SSSR count). The van der Waals surface area contributed by atoms with Gasteiger partial charge in [-0.15, -0.1) is 0 Å². The normalized spacial score (nSPS) is 43.0. The van der Waals surface area contributed by atoms with Gasteiger partial charge < -0.3 is 189 Å². The van der Waals surface area contributed by atoms with E-state index >= 15 is 0 Å². The van der Waals surface area contributed by atoms with E-state index in [1.807, 2.05) is 0 Å². The maximum atomic E-state index is 13.7. The number of thiol groups is 2. The summed E-state index contributed by atoms with van der Waals surface area (Å²) in [5.74, 6) is -2.89. The Hall–Kier alpha value is -1.76. The van der Waals surface area contributed by atoms with Crippen LogP contribution in [0.1, 0.15) is 26.2 Å². The molecule has 21 aliphatic heterocycles. The molecular formula is C63H107N3O39S4. The highest BCUT2D eigenvalue weighted by atomic mass is 32.2. The number of amides is 2. The van der Waals surface area contributed by atoms with Crippen LogP contribution in [0.4, 0.5) is 0 Å². The van der Waals surface area contributed by atoms with Crippen LogP contribution < -0.4 is 16.0 Å². The van der Waals surface area contributed by atoms with Gasteiger partial charge in [-0.2, -0.15) is 48.8 Å². The zero-order valence-corrected chi connectivity index (χ0v) is 62.8. The van der Waals surface area contributed by atoms with Crippen molar-refractivity contribution in [1.82, 2.24) is 16.0 Å². The van der Waals surface area contributed by atoms with Gasteiger partial charge in [0.2, 0.25) is 11.8 Å². The molecule has 0 spiro atoms. The van der Waals surface area contributed by atoms with Crippen LogP contribution in [0.5, 0.6) is 0 Å². The molecule has 0 saturated carbocycles. The molecule has 15 unspecified atom stereocenters. The summed E-state index contributed by atoms with van der Waals surface area (Å²) in [6, 6.07) is -0.860. The largest absolute Gasteiger partial charge is 0.394 e. The Labute approximate surface area is 644 Å². The van der Waals surface area contributed by atoms with Crippen molar-refractivity contribution in [3.63, 3.8) is 0 Å². The molecule has 0 aromatic heterocycles. The van der Waals surface area contributed by atoms with Crippen molar-refractivity contribution in [2.45, 2.75) is 247 Å². The summed E-state index contributed by atoms with van der Waals surface area (Å²) in [6.45, 7) is -3.37. The van der Waals surface area contributed by atoms with Crippen LogP contribution in [-0.2, 0) is 95.0 Å². The van der Waals surface area contributed by atoms with Crippen LogP contribution in [-0.4, -0.2) is 456 Å². The molecule has 22 N–H and O–H groups in total. The lowest BCUT2D eigenvalue weighted by molar-refractivity contribution is -0.395. The van der Waals surface area contributed by atoms with Crippen molar-refractivity contribution >= 4 is 72.2 Å². The Morgan fingerprint density at radius 1 is 0.367 bits per heavy atom. The first-order valence-corrected chi connectivity index (χ1v) is 39.2. The highest BCUT2D eigenvalue weighted by molar-refractivity contribution is 7.99. The van der Waals surface area contributed by atoms with Gasteiger partial charge in [0.15, 0.2) is 44.0 Å². The van der Waals surface area contributed by atoms with Gasteiger partial charge in [0.05, 0.1) is 83.6 Å². The first-order chi connectivity index (χ1) is 52.1. The second-order valence-corrected chi connectivity index (χ2v) is 30.1. The number of aliphatic hydroxyl groups is 19. The van der Waals surface area contributed by atoms with Gasteiger partial charge >= 0.3 is 0 Å². The van der Waals surface area contributed by atoms with E-state index in [0.717, 1.165) is 23.5 Å². The number of Topliss-reactive ketones (excluding diaryl/α,β-unsaturated/α-hetero) is 2. The number of nitrogens with one attached hydrogen (secondary N) is 3. The number of ketones is 2. The number of aliphatic hydroxyl groups excluding tert-OH is 19. The summed E-state index contributed by atoms with van der Waals surface area (Å²) in [4.78, 5) is 51.3. The standard InChI is InChI=1S/C63H107N3O39S4/c1-23(72)3-7-90-9-10-91-8-4-25(73)13-24(55(88)65-5-11-106)19-108-21-32-53-39(79)46(86)62(97-32)102-51-30(17-70)93-59(42(82)35(51)75)101-50-29(16-69)96-61(45(85)38(50)78)105-54-33(22-109-20-26(64-2)56(89)66-6-12-107)98-63(47(87)40(54)80)103-52-31(18-71)94-58(43(83)36(52)76)99-48-27(14-67)92-57(41(81)34(48)74)100-49-28(15-68)95-60(104-53)44(84)37(49)77/h24,26-54,57-64,67-71,74-87,106-107H,3-22H2,1-2H3,(H,65,88)(H,66,89)/t24-,26-,27?,28?,29?,30?,31?,32?,33?,34-,35-,36-,37-,38-,39-,40-,41?,42?,43?,44?,45?,46?,47?,48-,49-,50-,51-,52-,53?,54-,57-,58-,59+,60-,61+,62+,63+/m1/s1. The third-order valence-electron chi connectivity index (χ3n) is 19.4. The number of thioether (sulfide) groups is 2. The number of rotatable bonds is 31. The van der Waals surface area contributed by atoms with Crippen molar-refractivity contribution in [3.05, 3.63) is 0 Å².